The van der Waals surface area contributed by atoms with Crippen LogP contribution in [0, 0.1) is 5.82 Å². The molecule has 1 aromatic heterocycles. The van der Waals surface area contributed by atoms with Crippen molar-refractivity contribution in [1.29, 1.82) is 0 Å². The summed E-state index contributed by atoms with van der Waals surface area (Å²) in [6.45, 7) is 0.538. The minimum Gasteiger partial charge on any atom is -0.399 e. The number of hydrogen-bond acceptors (Lipinski definition) is 4. The van der Waals surface area contributed by atoms with E-state index in [1.165, 1.54) is 6.07 Å². The van der Waals surface area contributed by atoms with E-state index in [4.69, 9.17) is 5.73 Å². The molecule has 1 aromatic carbocycles. The molecular weight excluding hydrogens is 271 g/mol. The zero-order valence-corrected chi connectivity index (χ0v) is 10.8. The normalized spacial score (nSPS) is 11.6. The molecule has 0 fully saturated rings. The van der Waals surface area contributed by atoms with Crippen molar-refractivity contribution < 1.29 is 12.8 Å². The van der Waals surface area contributed by atoms with E-state index in [0.29, 0.717) is 6.54 Å². The highest BCUT2D eigenvalue weighted by molar-refractivity contribution is 7.89. The number of sulfonamides is 1. The van der Waals surface area contributed by atoms with Crippen LogP contribution in [-0.4, -0.2) is 24.5 Å². The van der Waals surface area contributed by atoms with Gasteiger partial charge in [-0.2, -0.15) is 0 Å². The number of halogens is 1. The van der Waals surface area contributed by atoms with Crippen molar-refractivity contribution in [3.8, 4) is 0 Å². The molecule has 6 nitrogen and oxygen atoms in total. The van der Waals surface area contributed by atoms with Gasteiger partial charge in [-0.1, -0.05) is 0 Å². The van der Waals surface area contributed by atoms with E-state index in [1.807, 2.05) is 0 Å². The monoisotopic (exact) mass is 284 g/mol. The van der Waals surface area contributed by atoms with Gasteiger partial charge in [0.25, 0.3) is 0 Å². The summed E-state index contributed by atoms with van der Waals surface area (Å²) in [5.41, 5.74) is 5.65. The van der Waals surface area contributed by atoms with E-state index in [0.717, 1.165) is 12.1 Å². The molecule has 0 bridgehead atoms. The Hall–Kier alpha value is -1.93. The number of nitrogen functional groups attached to an aromatic ring is 1. The van der Waals surface area contributed by atoms with Gasteiger partial charge in [-0.25, -0.2) is 22.5 Å². The second-order valence-electron chi connectivity index (χ2n) is 3.89. The second-order valence-corrected chi connectivity index (χ2v) is 5.62. The van der Waals surface area contributed by atoms with Crippen molar-refractivity contribution in [1.82, 2.24) is 14.3 Å². The summed E-state index contributed by atoms with van der Waals surface area (Å²) in [4.78, 5) is 3.38. The Balaban J connectivity index is 2.07. The molecule has 2 aromatic rings. The summed E-state index contributed by atoms with van der Waals surface area (Å²) < 4.78 is 41.3. The van der Waals surface area contributed by atoms with Crippen molar-refractivity contribution in [2.24, 2.45) is 0 Å². The molecule has 0 saturated carbocycles. The van der Waals surface area contributed by atoms with E-state index in [9.17, 15) is 12.8 Å². The van der Waals surface area contributed by atoms with Gasteiger partial charge in [0.15, 0.2) is 0 Å². The Bertz CT molecular complexity index is 655. The molecule has 0 amide bonds. The Morgan fingerprint density at radius 3 is 2.89 bits per heavy atom. The molecule has 0 aliphatic carbocycles. The predicted octanol–water partition coefficient (Wildman–Crippen LogP) is 0.583. The van der Waals surface area contributed by atoms with Crippen LogP contribution in [0.15, 0.2) is 41.8 Å². The van der Waals surface area contributed by atoms with Crippen LogP contribution < -0.4 is 10.5 Å². The van der Waals surface area contributed by atoms with Gasteiger partial charge >= 0.3 is 0 Å². The molecule has 0 spiro atoms. The molecule has 2 rings (SSSR count). The fourth-order valence-electron chi connectivity index (χ4n) is 1.53. The van der Waals surface area contributed by atoms with E-state index in [1.54, 1.807) is 23.3 Å². The van der Waals surface area contributed by atoms with Crippen molar-refractivity contribution in [2.75, 3.05) is 12.3 Å². The third-order valence-corrected chi connectivity index (χ3v) is 3.94. The Morgan fingerprint density at radius 2 is 2.21 bits per heavy atom. The first-order chi connectivity index (χ1) is 8.99. The molecule has 0 atom stereocenters. The summed E-state index contributed by atoms with van der Waals surface area (Å²) >= 11 is 0. The highest BCUT2D eigenvalue weighted by atomic mass is 32.2. The maximum Gasteiger partial charge on any atom is 0.243 e. The highest BCUT2D eigenvalue weighted by Crippen LogP contribution is 2.17. The molecule has 0 aliphatic rings. The number of benzene rings is 1. The van der Waals surface area contributed by atoms with Crippen LogP contribution in [0.3, 0.4) is 0 Å². The highest BCUT2D eigenvalue weighted by Gasteiger charge is 2.18. The topological polar surface area (TPSA) is 90.0 Å². The van der Waals surface area contributed by atoms with E-state index < -0.39 is 20.7 Å². The van der Waals surface area contributed by atoms with Gasteiger partial charge in [0.1, 0.15) is 10.7 Å². The molecule has 0 radical (unpaired) electrons. The average Bonchev–Trinajstić information content (AvgIpc) is 2.85. The first-order valence-corrected chi connectivity index (χ1v) is 6.98. The molecule has 0 saturated heterocycles. The van der Waals surface area contributed by atoms with Gasteiger partial charge < -0.3 is 10.3 Å². The number of nitrogens with two attached hydrogens (primary N) is 1. The minimum atomic E-state index is -3.91. The quantitative estimate of drug-likeness (QED) is 0.786. The minimum absolute atomic E-state index is 0.132. The van der Waals surface area contributed by atoms with Crippen LogP contribution in [0.25, 0.3) is 0 Å². The van der Waals surface area contributed by atoms with Crippen LogP contribution in [0.1, 0.15) is 0 Å². The number of nitrogens with one attached hydrogen (secondary N) is 1. The van der Waals surface area contributed by atoms with Crippen LogP contribution in [0.2, 0.25) is 0 Å². The molecule has 102 valence electrons. The molecule has 1 heterocycles. The van der Waals surface area contributed by atoms with Crippen LogP contribution in [0.5, 0.6) is 0 Å². The van der Waals surface area contributed by atoms with Gasteiger partial charge in [-0.05, 0) is 18.2 Å². The van der Waals surface area contributed by atoms with E-state index in [-0.39, 0.29) is 12.2 Å². The smallest absolute Gasteiger partial charge is 0.243 e. The summed E-state index contributed by atoms with van der Waals surface area (Å²) in [7, 11) is -3.91. The third-order valence-electron chi connectivity index (χ3n) is 2.47. The van der Waals surface area contributed by atoms with E-state index in [2.05, 4.69) is 9.71 Å². The number of nitrogens with zero attached hydrogens (tertiary/aromatic N) is 2. The van der Waals surface area contributed by atoms with Gasteiger partial charge in [0, 0.05) is 31.2 Å². The standard InChI is InChI=1S/C11H13FN4O2S/c12-10-2-1-9(13)7-11(10)19(17,18)15-4-6-16-5-3-14-8-16/h1-3,5,7-8,15H,4,6,13H2. The molecule has 3 N–H and O–H groups in total. The SMILES string of the molecule is Nc1ccc(F)c(S(=O)(=O)NCCn2ccnc2)c1. The molecule has 8 heteroatoms. The zero-order valence-electron chi connectivity index (χ0n) is 9.95. The summed E-state index contributed by atoms with van der Waals surface area (Å²) in [6, 6.07) is 3.43. The third kappa shape index (κ3) is 3.30. The molecule has 19 heavy (non-hydrogen) atoms. The number of anilines is 1. The summed E-state index contributed by atoms with van der Waals surface area (Å²) in [5.74, 6) is -0.829. The fourth-order valence-corrected chi connectivity index (χ4v) is 2.66. The van der Waals surface area contributed by atoms with Gasteiger partial charge in [0.05, 0.1) is 6.33 Å². The largest absolute Gasteiger partial charge is 0.399 e. The van der Waals surface area contributed by atoms with Crippen LogP contribution >= 0.6 is 0 Å². The lowest BCUT2D eigenvalue weighted by atomic mass is 10.3. The van der Waals surface area contributed by atoms with E-state index >= 15 is 0 Å². The number of imidazole rings is 1. The zero-order chi connectivity index (χ0) is 13.9. The Morgan fingerprint density at radius 1 is 1.42 bits per heavy atom. The van der Waals surface area contributed by atoms with Gasteiger partial charge in [-0.3, -0.25) is 0 Å². The number of hydrogen-bond donors (Lipinski definition) is 2. The van der Waals surface area contributed by atoms with Crippen molar-refractivity contribution in [3.05, 3.63) is 42.7 Å². The van der Waals surface area contributed by atoms with Gasteiger partial charge in [-0.15, -0.1) is 0 Å². The maximum atomic E-state index is 13.5. The lowest BCUT2D eigenvalue weighted by Gasteiger charge is -2.08. The fraction of sp³-hybridized carbons (Fsp3) is 0.182. The molecular formula is C11H13FN4O2S. The first kappa shape index (κ1) is 13.5. The Labute approximate surface area is 110 Å². The van der Waals surface area contributed by atoms with Crippen molar-refractivity contribution in [3.63, 3.8) is 0 Å². The summed E-state index contributed by atoms with van der Waals surface area (Å²) in [5, 5.41) is 0. The molecule has 0 aliphatic heterocycles. The predicted molar refractivity (Wildman–Crippen MR) is 68.2 cm³/mol. The van der Waals surface area contributed by atoms with Crippen LogP contribution in [-0.2, 0) is 16.6 Å². The second kappa shape index (κ2) is 5.37. The maximum absolute atomic E-state index is 13.5. The number of rotatable bonds is 5. The lowest BCUT2D eigenvalue weighted by Crippen LogP contribution is -2.28. The Kier molecular flexibility index (Phi) is 3.82. The van der Waals surface area contributed by atoms with Gasteiger partial charge in [0.2, 0.25) is 10.0 Å². The number of aromatic nitrogens is 2. The first-order valence-electron chi connectivity index (χ1n) is 5.49. The van der Waals surface area contributed by atoms with Crippen molar-refractivity contribution in [2.45, 2.75) is 11.4 Å². The average molecular weight is 284 g/mol. The van der Waals surface area contributed by atoms with Crippen LogP contribution in [0.4, 0.5) is 10.1 Å². The van der Waals surface area contributed by atoms with Crippen molar-refractivity contribution >= 4 is 15.7 Å². The molecule has 0 unspecified atom stereocenters. The lowest BCUT2D eigenvalue weighted by molar-refractivity contribution is 0.552. The summed E-state index contributed by atoms with van der Waals surface area (Å²) in [6.07, 6.45) is 4.86.